The summed E-state index contributed by atoms with van der Waals surface area (Å²) in [6, 6.07) is 15.5. The molecule has 0 radical (unpaired) electrons. The molecule has 4 rings (SSSR count). The summed E-state index contributed by atoms with van der Waals surface area (Å²) in [5, 5.41) is 0. The zero-order valence-electron chi connectivity index (χ0n) is 14.3. The number of methoxy groups -OCH3 is 2. The predicted molar refractivity (Wildman–Crippen MR) is 90.8 cm³/mol. The van der Waals surface area contributed by atoms with Crippen LogP contribution in [0, 0.1) is 0 Å². The molecule has 0 aliphatic carbocycles. The van der Waals surface area contributed by atoms with Crippen molar-refractivity contribution < 1.29 is 23.7 Å². The maximum atomic E-state index is 11.9. The lowest BCUT2D eigenvalue weighted by molar-refractivity contribution is -0.287. The van der Waals surface area contributed by atoms with Gasteiger partial charge in [-0.25, -0.2) is 0 Å². The van der Waals surface area contributed by atoms with E-state index < -0.39 is 11.2 Å². The van der Waals surface area contributed by atoms with Gasteiger partial charge in [-0.2, -0.15) is 0 Å². The molecular weight excluding hydrogens is 320 g/mol. The summed E-state index contributed by atoms with van der Waals surface area (Å²) in [5.41, 5.74) is 0.421. The van der Waals surface area contributed by atoms with Crippen LogP contribution < -0.4 is 9.47 Å². The highest BCUT2D eigenvalue weighted by Gasteiger charge is 2.67. The van der Waals surface area contributed by atoms with Gasteiger partial charge in [0.2, 0.25) is 0 Å². The first-order valence-electron chi connectivity index (χ1n) is 8.28. The average Bonchev–Trinajstić information content (AvgIpc) is 3.07. The van der Waals surface area contributed by atoms with E-state index in [1.165, 1.54) is 0 Å². The fourth-order valence-electron chi connectivity index (χ4n) is 3.86. The Morgan fingerprint density at radius 1 is 0.880 bits per heavy atom. The van der Waals surface area contributed by atoms with Gasteiger partial charge < -0.3 is 18.9 Å². The van der Waals surface area contributed by atoms with Crippen LogP contribution in [0.1, 0.15) is 24.0 Å². The third-order valence-electron chi connectivity index (χ3n) is 5.20. The van der Waals surface area contributed by atoms with E-state index in [0.29, 0.717) is 19.4 Å². The Bertz CT molecular complexity index is 733. The van der Waals surface area contributed by atoms with Gasteiger partial charge >= 0.3 is 5.97 Å². The predicted octanol–water partition coefficient (Wildman–Crippen LogP) is 3.05. The SMILES string of the molecule is COc1ccc(C2(c3ccc(OC)cc3)OCC23CCC(=O)O3)cc1. The Balaban J connectivity index is 1.84. The number of carbonyl (C=O) groups excluding carboxylic acids is 1. The lowest BCUT2D eigenvalue weighted by Crippen LogP contribution is -2.66. The standard InChI is InChI=1S/C20H20O5/c1-22-16-7-3-14(4-8-16)20(15-5-9-17(23-2)10-6-15)19(13-24-20)12-11-18(21)25-19/h3-10H,11-13H2,1-2H3. The number of ether oxygens (including phenoxy) is 4. The van der Waals surface area contributed by atoms with E-state index >= 15 is 0 Å². The zero-order valence-corrected chi connectivity index (χ0v) is 14.3. The van der Waals surface area contributed by atoms with Gasteiger partial charge in [0.05, 0.1) is 20.8 Å². The van der Waals surface area contributed by atoms with Crippen LogP contribution in [0.2, 0.25) is 0 Å². The molecular formula is C20H20O5. The second-order valence-electron chi connectivity index (χ2n) is 6.40. The van der Waals surface area contributed by atoms with Crippen molar-refractivity contribution in [1.82, 2.24) is 0 Å². The van der Waals surface area contributed by atoms with Crippen molar-refractivity contribution in [1.29, 1.82) is 0 Å². The maximum Gasteiger partial charge on any atom is 0.306 e. The molecule has 1 spiro atoms. The van der Waals surface area contributed by atoms with Gasteiger partial charge in [-0.05, 0) is 35.4 Å². The molecule has 130 valence electrons. The van der Waals surface area contributed by atoms with Crippen LogP contribution in [-0.2, 0) is 19.9 Å². The monoisotopic (exact) mass is 340 g/mol. The van der Waals surface area contributed by atoms with Crippen LogP contribution in [0.15, 0.2) is 48.5 Å². The third kappa shape index (κ3) is 2.23. The molecule has 1 atom stereocenters. The summed E-state index contributed by atoms with van der Waals surface area (Å²) >= 11 is 0. The Morgan fingerprint density at radius 2 is 1.40 bits per heavy atom. The summed E-state index contributed by atoms with van der Waals surface area (Å²) in [6.07, 6.45) is 1.06. The van der Waals surface area contributed by atoms with Crippen molar-refractivity contribution in [3.05, 3.63) is 59.7 Å². The van der Waals surface area contributed by atoms with Crippen LogP contribution in [0.5, 0.6) is 11.5 Å². The van der Waals surface area contributed by atoms with Crippen molar-refractivity contribution in [2.45, 2.75) is 24.0 Å². The number of esters is 1. The lowest BCUT2D eigenvalue weighted by Gasteiger charge is -2.56. The molecule has 2 aliphatic heterocycles. The molecule has 2 heterocycles. The van der Waals surface area contributed by atoms with Crippen LogP contribution in [0.25, 0.3) is 0 Å². The molecule has 2 aromatic carbocycles. The topological polar surface area (TPSA) is 54.0 Å². The number of hydrogen-bond donors (Lipinski definition) is 0. The minimum Gasteiger partial charge on any atom is -0.497 e. The summed E-state index contributed by atoms with van der Waals surface area (Å²) in [5.74, 6) is 1.37. The van der Waals surface area contributed by atoms with E-state index in [1.54, 1.807) is 14.2 Å². The average molecular weight is 340 g/mol. The Labute approximate surface area is 146 Å². The van der Waals surface area contributed by atoms with Gasteiger partial charge in [0, 0.05) is 12.8 Å². The Kier molecular flexibility index (Phi) is 3.69. The first-order valence-corrected chi connectivity index (χ1v) is 8.28. The second-order valence-corrected chi connectivity index (χ2v) is 6.40. The summed E-state index contributed by atoms with van der Waals surface area (Å²) in [4.78, 5) is 11.9. The summed E-state index contributed by atoms with van der Waals surface area (Å²) in [7, 11) is 3.27. The summed E-state index contributed by atoms with van der Waals surface area (Å²) < 4.78 is 22.5. The highest BCUT2D eigenvalue weighted by atomic mass is 16.6. The van der Waals surface area contributed by atoms with E-state index in [-0.39, 0.29) is 5.97 Å². The quantitative estimate of drug-likeness (QED) is 0.801. The first-order chi connectivity index (χ1) is 12.1. The molecule has 25 heavy (non-hydrogen) atoms. The minimum absolute atomic E-state index is 0.172. The zero-order chi connectivity index (χ0) is 17.5. The van der Waals surface area contributed by atoms with Gasteiger partial charge in [-0.15, -0.1) is 0 Å². The first kappa shape index (κ1) is 16.0. The largest absolute Gasteiger partial charge is 0.497 e. The van der Waals surface area contributed by atoms with Gasteiger partial charge in [0.1, 0.15) is 11.5 Å². The molecule has 0 N–H and O–H groups in total. The molecule has 5 heteroatoms. The molecule has 0 aromatic heterocycles. The molecule has 2 fully saturated rings. The maximum absolute atomic E-state index is 11.9. The van der Waals surface area contributed by atoms with Crippen molar-refractivity contribution in [3.8, 4) is 11.5 Å². The van der Waals surface area contributed by atoms with E-state index in [0.717, 1.165) is 22.6 Å². The molecule has 2 aliphatic rings. The van der Waals surface area contributed by atoms with Crippen LogP contribution in [0.4, 0.5) is 0 Å². The molecule has 0 saturated carbocycles. The molecule has 2 aromatic rings. The summed E-state index contributed by atoms with van der Waals surface area (Å²) in [6.45, 7) is 0.400. The van der Waals surface area contributed by atoms with Crippen molar-refractivity contribution in [3.63, 3.8) is 0 Å². The minimum atomic E-state index is -0.808. The third-order valence-corrected chi connectivity index (χ3v) is 5.20. The van der Waals surface area contributed by atoms with E-state index in [1.807, 2.05) is 48.5 Å². The Morgan fingerprint density at radius 3 is 1.72 bits per heavy atom. The number of carbonyl (C=O) groups is 1. The lowest BCUT2D eigenvalue weighted by atomic mass is 9.67. The van der Waals surface area contributed by atoms with Gasteiger partial charge in [-0.3, -0.25) is 4.79 Å². The van der Waals surface area contributed by atoms with Crippen molar-refractivity contribution in [2.24, 2.45) is 0 Å². The smallest absolute Gasteiger partial charge is 0.306 e. The van der Waals surface area contributed by atoms with Gasteiger partial charge in [0.25, 0.3) is 0 Å². The number of benzene rings is 2. The molecule has 1 unspecified atom stereocenters. The van der Waals surface area contributed by atoms with Crippen molar-refractivity contribution >= 4 is 5.97 Å². The van der Waals surface area contributed by atoms with Crippen LogP contribution in [0.3, 0.4) is 0 Å². The van der Waals surface area contributed by atoms with Crippen LogP contribution >= 0.6 is 0 Å². The van der Waals surface area contributed by atoms with Gasteiger partial charge in [-0.1, -0.05) is 24.3 Å². The number of hydrogen-bond acceptors (Lipinski definition) is 5. The van der Waals surface area contributed by atoms with Crippen molar-refractivity contribution in [2.75, 3.05) is 20.8 Å². The Hall–Kier alpha value is -2.53. The van der Waals surface area contributed by atoms with E-state index in [4.69, 9.17) is 18.9 Å². The molecule has 0 amide bonds. The van der Waals surface area contributed by atoms with Crippen LogP contribution in [-0.4, -0.2) is 32.4 Å². The molecule has 5 nitrogen and oxygen atoms in total. The molecule has 2 saturated heterocycles. The highest BCUT2D eigenvalue weighted by Crippen LogP contribution is 2.57. The second kappa shape index (κ2) is 5.77. The highest BCUT2D eigenvalue weighted by molar-refractivity contribution is 5.73. The fourth-order valence-corrected chi connectivity index (χ4v) is 3.86. The molecule has 0 bridgehead atoms. The van der Waals surface area contributed by atoms with E-state index in [9.17, 15) is 4.79 Å². The van der Waals surface area contributed by atoms with E-state index in [2.05, 4.69) is 0 Å². The normalized spacial score (nSPS) is 23.8. The van der Waals surface area contributed by atoms with Gasteiger partial charge in [0.15, 0.2) is 11.2 Å². The number of rotatable bonds is 4. The fraction of sp³-hybridized carbons (Fsp3) is 0.350.